The van der Waals surface area contributed by atoms with E-state index in [-0.39, 0.29) is 5.41 Å². The number of halogens is 3. The minimum Gasteiger partial charge on any atom is -0.456 e. The molecule has 7 aromatic carbocycles. The zero-order valence-corrected chi connectivity index (χ0v) is 32.0. The molecule has 0 aliphatic rings. The molecule has 3 nitrogen and oxygen atoms in total. The fraction of sp³-hybridized carbons (Fsp3) is 0.0870. The van der Waals surface area contributed by atoms with Gasteiger partial charge in [0.1, 0.15) is 11.2 Å². The smallest absolute Gasteiger partial charge is 0.135 e. The molecule has 0 amide bonds. The lowest BCUT2D eigenvalue weighted by atomic mass is 9.87. The van der Waals surface area contributed by atoms with Gasteiger partial charge in [-0.3, -0.25) is 0 Å². The van der Waals surface area contributed by atoms with Crippen LogP contribution in [-0.2, 0) is 5.41 Å². The van der Waals surface area contributed by atoms with E-state index < -0.39 is 0 Å². The highest BCUT2D eigenvalue weighted by Gasteiger charge is 2.22. The third kappa shape index (κ3) is 6.59. The molecule has 0 aliphatic heterocycles. The average Bonchev–Trinajstić information content (AvgIpc) is 3.52. The Morgan fingerprint density at radius 2 is 1.10 bits per heavy atom. The number of anilines is 6. The maximum Gasteiger partial charge on any atom is 0.135 e. The minimum atomic E-state index is 0.0101. The maximum absolute atomic E-state index is 7.06. The Morgan fingerprint density at radius 1 is 0.500 bits per heavy atom. The molecule has 1 aromatic heterocycles. The lowest BCUT2D eigenvalue weighted by Crippen LogP contribution is -2.15. The Hall–Kier alpha value is -5.00. The van der Waals surface area contributed by atoms with Crippen LogP contribution in [0.2, 0.25) is 10.0 Å². The molecule has 0 N–H and O–H groups in total. The zero-order valence-electron chi connectivity index (χ0n) is 28.9. The molecular weight excluding hydrogens is 747 g/mol. The van der Waals surface area contributed by atoms with Crippen LogP contribution < -0.4 is 9.80 Å². The summed E-state index contributed by atoms with van der Waals surface area (Å²) in [5.74, 6) is 0. The van der Waals surface area contributed by atoms with E-state index in [9.17, 15) is 0 Å². The molecule has 0 saturated heterocycles. The van der Waals surface area contributed by atoms with Crippen LogP contribution in [0.15, 0.2) is 167 Å². The van der Waals surface area contributed by atoms with Crippen LogP contribution in [0.25, 0.3) is 33.1 Å². The normalized spacial score (nSPS) is 11.7. The highest BCUT2D eigenvalue weighted by molar-refractivity contribution is 9.10. The molecular formula is C46H35BrCl2N2O. The molecule has 0 saturated carbocycles. The molecule has 0 fully saturated rings. The first-order valence-corrected chi connectivity index (χ1v) is 18.7. The molecule has 8 aromatic rings. The van der Waals surface area contributed by atoms with E-state index in [0.717, 1.165) is 71.7 Å². The van der Waals surface area contributed by atoms with Gasteiger partial charge in [0.05, 0.1) is 10.7 Å². The first-order valence-electron chi connectivity index (χ1n) is 17.2. The monoisotopic (exact) mass is 780 g/mol. The highest BCUT2D eigenvalue weighted by Crippen LogP contribution is 2.46. The number of hydrogen-bond donors (Lipinski definition) is 0. The van der Waals surface area contributed by atoms with Gasteiger partial charge < -0.3 is 14.2 Å². The second kappa shape index (κ2) is 13.9. The molecule has 0 bridgehead atoms. The van der Waals surface area contributed by atoms with Gasteiger partial charge in [-0.1, -0.05) is 123 Å². The summed E-state index contributed by atoms with van der Waals surface area (Å²) >= 11 is 17.4. The largest absolute Gasteiger partial charge is 0.456 e. The molecule has 1 heterocycles. The summed E-state index contributed by atoms with van der Waals surface area (Å²) in [5, 5.41) is 3.29. The Kier molecular flexibility index (Phi) is 9.09. The summed E-state index contributed by atoms with van der Waals surface area (Å²) in [6.45, 7) is 6.66. The van der Waals surface area contributed by atoms with Crippen molar-refractivity contribution in [2.24, 2.45) is 0 Å². The summed E-state index contributed by atoms with van der Waals surface area (Å²) in [6, 6.07) is 54.7. The molecule has 0 atom stereocenters. The Morgan fingerprint density at radius 3 is 1.85 bits per heavy atom. The summed E-state index contributed by atoms with van der Waals surface area (Å²) in [7, 11) is 0. The molecule has 52 heavy (non-hydrogen) atoms. The van der Waals surface area contributed by atoms with Crippen molar-refractivity contribution in [1.82, 2.24) is 0 Å². The van der Waals surface area contributed by atoms with Crippen molar-refractivity contribution < 1.29 is 4.42 Å². The zero-order chi connectivity index (χ0) is 36.0. The number of rotatable bonds is 7. The van der Waals surface area contributed by atoms with Crippen molar-refractivity contribution in [3.05, 3.63) is 178 Å². The summed E-state index contributed by atoms with van der Waals surface area (Å²) in [4.78, 5) is 4.47. The second-order valence-electron chi connectivity index (χ2n) is 13.9. The topological polar surface area (TPSA) is 19.6 Å². The van der Waals surface area contributed by atoms with Gasteiger partial charge in [0.25, 0.3) is 0 Å². The number of nitrogens with zero attached hydrogens (tertiary/aromatic N) is 2. The van der Waals surface area contributed by atoms with Crippen LogP contribution in [0.1, 0.15) is 26.3 Å². The van der Waals surface area contributed by atoms with Crippen LogP contribution in [0, 0.1) is 0 Å². The van der Waals surface area contributed by atoms with Gasteiger partial charge in [0.15, 0.2) is 0 Å². The van der Waals surface area contributed by atoms with Gasteiger partial charge in [-0.25, -0.2) is 0 Å². The van der Waals surface area contributed by atoms with Gasteiger partial charge in [0.2, 0.25) is 0 Å². The van der Waals surface area contributed by atoms with Crippen LogP contribution in [-0.4, -0.2) is 0 Å². The third-order valence-electron chi connectivity index (χ3n) is 9.38. The van der Waals surface area contributed by atoms with Crippen LogP contribution in [0.5, 0.6) is 0 Å². The highest BCUT2D eigenvalue weighted by atomic mass is 79.9. The van der Waals surface area contributed by atoms with E-state index in [1.165, 1.54) is 5.56 Å². The van der Waals surface area contributed by atoms with E-state index in [0.29, 0.717) is 10.0 Å². The number of benzene rings is 7. The van der Waals surface area contributed by atoms with Crippen molar-refractivity contribution in [3.8, 4) is 11.1 Å². The van der Waals surface area contributed by atoms with Crippen molar-refractivity contribution in [3.63, 3.8) is 0 Å². The summed E-state index contributed by atoms with van der Waals surface area (Å²) in [5.41, 5.74) is 10.9. The summed E-state index contributed by atoms with van der Waals surface area (Å²) < 4.78 is 6.96. The molecule has 0 aliphatic carbocycles. The SMILES string of the molecule is CC(C)(C)c1ccc(N(c2cccc(N(c3cccc(-c4ccccc4)c3)c3ccc4oc5ccccc5c4c3)c2)c2cc(Cl)cc(Br)c2Cl)cc1. The Bertz CT molecular complexity index is 2560. The molecule has 256 valence electrons. The number of hydrogen-bond acceptors (Lipinski definition) is 3. The molecule has 0 unspecified atom stereocenters. The lowest BCUT2D eigenvalue weighted by Gasteiger charge is -2.30. The first kappa shape index (κ1) is 34.1. The minimum absolute atomic E-state index is 0.0101. The van der Waals surface area contributed by atoms with Crippen LogP contribution >= 0.6 is 39.1 Å². The van der Waals surface area contributed by atoms with E-state index in [1.54, 1.807) is 0 Å². The van der Waals surface area contributed by atoms with E-state index in [2.05, 4.69) is 174 Å². The average molecular weight is 783 g/mol. The van der Waals surface area contributed by atoms with Gasteiger partial charge in [-0.05, 0) is 117 Å². The van der Waals surface area contributed by atoms with Gasteiger partial charge in [-0.15, -0.1) is 0 Å². The van der Waals surface area contributed by atoms with Gasteiger partial charge in [-0.2, -0.15) is 0 Å². The predicted molar refractivity (Wildman–Crippen MR) is 225 cm³/mol. The number of fused-ring (bicyclic) bond motifs is 3. The van der Waals surface area contributed by atoms with E-state index in [1.807, 2.05) is 30.3 Å². The maximum atomic E-state index is 7.06. The first-order chi connectivity index (χ1) is 25.1. The standard InChI is InChI=1S/C46H35BrCl2N2O/c1-46(2,3)32-19-21-34(22-20-32)51(42-27-33(48)26-41(47)45(42)49)37-16-10-15-36(28-37)50(35-14-9-13-31(25-35)30-11-5-4-6-12-30)38-23-24-44-40(29-38)39-17-7-8-18-43(39)52-44/h4-29H,1-3H3. The second-order valence-corrected chi connectivity index (χ2v) is 15.6. The fourth-order valence-electron chi connectivity index (χ4n) is 6.77. The number of para-hydroxylation sites is 1. The van der Waals surface area contributed by atoms with Crippen LogP contribution in [0.3, 0.4) is 0 Å². The Labute approximate surface area is 322 Å². The third-order valence-corrected chi connectivity index (χ3v) is 10.9. The molecule has 8 rings (SSSR count). The van der Waals surface area contributed by atoms with Gasteiger partial charge in [0, 0.05) is 48.7 Å². The van der Waals surface area contributed by atoms with Crippen molar-refractivity contribution in [2.45, 2.75) is 26.2 Å². The van der Waals surface area contributed by atoms with Crippen molar-refractivity contribution >= 4 is 95.2 Å². The lowest BCUT2D eigenvalue weighted by molar-refractivity contribution is 0.590. The summed E-state index contributed by atoms with van der Waals surface area (Å²) in [6.07, 6.45) is 0. The number of furan rings is 1. The van der Waals surface area contributed by atoms with Crippen LogP contribution in [0.4, 0.5) is 34.1 Å². The van der Waals surface area contributed by atoms with E-state index in [4.69, 9.17) is 27.6 Å². The fourth-order valence-corrected chi connectivity index (χ4v) is 7.76. The predicted octanol–water partition coefficient (Wildman–Crippen LogP) is 15.6. The van der Waals surface area contributed by atoms with Gasteiger partial charge >= 0.3 is 0 Å². The van der Waals surface area contributed by atoms with Crippen molar-refractivity contribution in [1.29, 1.82) is 0 Å². The molecule has 6 heteroatoms. The van der Waals surface area contributed by atoms with E-state index >= 15 is 0 Å². The molecule has 0 radical (unpaired) electrons. The quantitative estimate of drug-likeness (QED) is 0.150. The van der Waals surface area contributed by atoms with Crippen molar-refractivity contribution in [2.75, 3.05) is 9.80 Å². The molecule has 0 spiro atoms. The Balaban J connectivity index is 1.33.